The van der Waals surface area contributed by atoms with E-state index in [9.17, 15) is 9.59 Å². The average molecular weight is 425 g/mol. The van der Waals surface area contributed by atoms with Gasteiger partial charge >= 0.3 is 0 Å². The highest BCUT2D eigenvalue weighted by atomic mass is 32.2. The summed E-state index contributed by atoms with van der Waals surface area (Å²) in [7, 11) is 0. The lowest BCUT2D eigenvalue weighted by Crippen LogP contribution is -2.28. The largest absolute Gasteiger partial charge is 0.326 e. The zero-order valence-electron chi connectivity index (χ0n) is 18.2. The first kappa shape index (κ1) is 22.4. The molecule has 1 heterocycles. The summed E-state index contributed by atoms with van der Waals surface area (Å²) in [6, 6.07) is 16.1. The van der Waals surface area contributed by atoms with E-state index >= 15 is 0 Å². The molecule has 0 saturated carbocycles. The fraction of sp³-hybridized carbons (Fsp3) is 0.440. The molecule has 2 aromatic rings. The average Bonchev–Trinajstić information content (AvgIpc) is 3.16. The molecule has 3 rings (SSSR count). The Balaban J connectivity index is 1.75. The predicted molar refractivity (Wildman–Crippen MR) is 127 cm³/mol. The van der Waals surface area contributed by atoms with Crippen molar-refractivity contribution in [2.45, 2.75) is 58.2 Å². The Morgan fingerprint density at radius 3 is 2.53 bits per heavy atom. The van der Waals surface area contributed by atoms with Crippen molar-refractivity contribution in [1.29, 1.82) is 0 Å². The number of thioether (sulfide) groups is 1. The number of hydrogen-bond donors (Lipinski definition) is 1. The van der Waals surface area contributed by atoms with Gasteiger partial charge in [0.2, 0.25) is 11.8 Å². The molecule has 1 N–H and O–H groups in total. The number of carbonyl (C=O) groups is 2. The van der Waals surface area contributed by atoms with E-state index in [-0.39, 0.29) is 23.1 Å². The number of anilines is 2. The maximum Gasteiger partial charge on any atom is 0.238 e. The van der Waals surface area contributed by atoms with Gasteiger partial charge in [-0.1, -0.05) is 63.9 Å². The minimum Gasteiger partial charge on any atom is -0.326 e. The Hall–Kier alpha value is -2.27. The van der Waals surface area contributed by atoms with Crippen LogP contribution in [0.1, 0.15) is 63.0 Å². The summed E-state index contributed by atoms with van der Waals surface area (Å²) in [6.07, 6.45) is 4.86. The summed E-state index contributed by atoms with van der Waals surface area (Å²) >= 11 is 1.65. The number of carbonyl (C=O) groups excluding carboxylic acids is 2. The first-order valence-electron chi connectivity index (χ1n) is 11.0. The van der Waals surface area contributed by atoms with Gasteiger partial charge in [-0.05, 0) is 48.6 Å². The third kappa shape index (κ3) is 5.07. The summed E-state index contributed by atoms with van der Waals surface area (Å²) in [6.45, 7) is 6.33. The molecule has 1 fully saturated rings. The maximum absolute atomic E-state index is 12.7. The summed E-state index contributed by atoms with van der Waals surface area (Å²) in [5, 5.41) is 3.02. The Morgan fingerprint density at radius 1 is 1.13 bits per heavy atom. The predicted octanol–water partition coefficient (Wildman–Crippen LogP) is 6.18. The normalized spacial score (nSPS) is 17.2. The molecule has 160 valence electrons. The molecular weight excluding hydrogens is 392 g/mol. The summed E-state index contributed by atoms with van der Waals surface area (Å²) in [5.41, 5.74) is 4.07. The molecule has 0 unspecified atom stereocenters. The van der Waals surface area contributed by atoms with Gasteiger partial charge in [0.1, 0.15) is 5.37 Å². The summed E-state index contributed by atoms with van der Waals surface area (Å²) < 4.78 is 0. The lowest BCUT2D eigenvalue weighted by molar-refractivity contribution is -0.120. The number of nitrogens with zero attached hydrogens (tertiary/aromatic N) is 1. The molecule has 1 aliphatic rings. The van der Waals surface area contributed by atoms with Crippen molar-refractivity contribution < 1.29 is 9.59 Å². The number of amides is 2. The van der Waals surface area contributed by atoms with Crippen LogP contribution in [-0.2, 0) is 16.0 Å². The van der Waals surface area contributed by atoms with Gasteiger partial charge < -0.3 is 5.32 Å². The number of hydrogen-bond acceptors (Lipinski definition) is 3. The lowest BCUT2D eigenvalue weighted by atomic mass is 9.98. The first-order valence-corrected chi connectivity index (χ1v) is 12.1. The Labute approximate surface area is 184 Å². The first-order chi connectivity index (χ1) is 14.6. The quantitative estimate of drug-likeness (QED) is 0.523. The van der Waals surface area contributed by atoms with Crippen LogP contribution < -0.4 is 10.2 Å². The molecule has 2 amide bonds. The molecule has 0 radical (unpaired) electrons. The van der Waals surface area contributed by atoms with Crippen LogP contribution in [-0.4, -0.2) is 17.6 Å². The zero-order valence-corrected chi connectivity index (χ0v) is 19.0. The lowest BCUT2D eigenvalue weighted by Gasteiger charge is -2.26. The molecule has 0 aromatic heterocycles. The molecule has 1 saturated heterocycles. The van der Waals surface area contributed by atoms with Crippen LogP contribution in [0.3, 0.4) is 0 Å². The van der Waals surface area contributed by atoms with Crippen LogP contribution in [0.25, 0.3) is 0 Å². The third-order valence-corrected chi connectivity index (χ3v) is 6.95. The molecule has 4 nitrogen and oxygen atoms in total. The van der Waals surface area contributed by atoms with Gasteiger partial charge in [0.15, 0.2) is 0 Å². The molecule has 2 aromatic carbocycles. The van der Waals surface area contributed by atoms with Gasteiger partial charge in [-0.2, -0.15) is 0 Å². The van der Waals surface area contributed by atoms with Crippen LogP contribution in [0.5, 0.6) is 0 Å². The number of rotatable bonds is 9. The third-order valence-electron chi connectivity index (χ3n) is 5.73. The topological polar surface area (TPSA) is 49.4 Å². The highest BCUT2D eigenvalue weighted by molar-refractivity contribution is 8.00. The number of aryl methyl sites for hydroxylation is 1. The second-order valence-electron chi connectivity index (χ2n) is 7.77. The monoisotopic (exact) mass is 424 g/mol. The van der Waals surface area contributed by atoms with Crippen molar-refractivity contribution in [1.82, 2.24) is 0 Å². The highest BCUT2D eigenvalue weighted by Gasteiger charge is 2.34. The van der Waals surface area contributed by atoms with Gasteiger partial charge in [-0.25, -0.2) is 0 Å². The van der Waals surface area contributed by atoms with Crippen LogP contribution >= 0.6 is 11.8 Å². The number of benzene rings is 2. The van der Waals surface area contributed by atoms with Crippen LogP contribution in [0.2, 0.25) is 0 Å². The van der Waals surface area contributed by atoms with E-state index in [1.165, 1.54) is 5.56 Å². The van der Waals surface area contributed by atoms with E-state index in [0.717, 1.165) is 49.0 Å². The maximum atomic E-state index is 12.7. The minimum atomic E-state index is -0.0390. The second kappa shape index (κ2) is 10.7. The summed E-state index contributed by atoms with van der Waals surface area (Å²) in [5.74, 6) is 0.790. The van der Waals surface area contributed by atoms with E-state index in [2.05, 4.69) is 32.2 Å². The standard InChI is InChI=1S/C25H32N2O2S/c1-4-7-10-19(6-3)24(29)26-21-15-13-20(14-16-21)25-27(23(28)17-30-25)22-12-9-8-11-18(22)5-2/h8-9,11-16,19,25H,4-7,10,17H2,1-3H3,(H,26,29)/t19-,25-/m0/s1. The van der Waals surface area contributed by atoms with Crippen molar-refractivity contribution in [2.75, 3.05) is 16.0 Å². The van der Waals surface area contributed by atoms with Crippen molar-refractivity contribution >= 4 is 35.0 Å². The molecule has 2 atom stereocenters. The fourth-order valence-corrected chi connectivity index (χ4v) is 5.09. The van der Waals surface area contributed by atoms with E-state index in [4.69, 9.17) is 0 Å². The molecule has 30 heavy (non-hydrogen) atoms. The summed E-state index contributed by atoms with van der Waals surface area (Å²) in [4.78, 5) is 27.2. The fourth-order valence-electron chi connectivity index (χ4n) is 3.92. The number of unbranched alkanes of at least 4 members (excludes halogenated alkanes) is 1. The molecule has 5 heteroatoms. The van der Waals surface area contributed by atoms with E-state index in [1.54, 1.807) is 11.8 Å². The zero-order chi connectivity index (χ0) is 21.5. The van der Waals surface area contributed by atoms with Crippen LogP contribution in [0.15, 0.2) is 48.5 Å². The van der Waals surface area contributed by atoms with Crippen molar-refractivity contribution in [2.24, 2.45) is 5.92 Å². The Bertz CT molecular complexity index is 866. The number of para-hydroxylation sites is 1. The van der Waals surface area contributed by atoms with Gasteiger partial charge in [0.25, 0.3) is 0 Å². The van der Waals surface area contributed by atoms with Crippen molar-refractivity contribution in [3.05, 3.63) is 59.7 Å². The van der Waals surface area contributed by atoms with Gasteiger partial charge in [0.05, 0.1) is 5.75 Å². The Morgan fingerprint density at radius 2 is 1.87 bits per heavy atom. The van der Waals surface area contributed by atoms with E-state index < -0.39 is 0 Å². The van der Waals surface area contributed by atoms with Gasteiger partial charge in [0, 0.05) is 17.3 Å². The molecule has 0 spiro atoms. The van der Waals surface area contributed by atoms with Crippen LogP contribution in [0, 0.1) is 5.92 Å². The smallest absolute Gasteiger partial charge is 0.238 e. The van der Waals surface area contributed by atoms with Crippen molar-refractivity contribution in [3.8, 4) is 0 Å². The van der Waals surface area contributed by atoms with Gasteiger partial charge in [-0.3, -0.25) is 14.5 Å². The molecular formula is C25H32N2O2S. The Kier molecular flexibility index (Phi) is 7.97. The van der Waals surface area contributed by atoms with Gasteiger partial charge in [-0.15, -0.1) is 11.8 Å². The minimum absolute atomic E-state index is 0.0390. The SMILES string of the molecule is CCCC[C@H](CC)C(=O)Nc1ccc([C@@H]2SCC(=O)N2c2ccccc2CC)cc1. The molecule has 0 aliphatic carbocycles. The number of nitrogens with one attached hydrogen (secondary N) is 1. The van der Waals surface area contributed by atoms with Crippen molar-refractivity contribution in [3.63, 3.8) is 0 Å². The van der Waals surface area contributed by atoms with Crippen LogP contribution in [0.4, 0.5) is 11.4 Å². The molecule has 0 bridgehead atoms. The molecule has 1 aliphatic heterocycles. The van der Waals surface area contributed by atoms with E-state index in [0.29, 0.717) is 5.75 Å². The van der Waals surface area contributed by atoms with E-state index in [1.807, 2.05) is 47.4 Å². The highest BCUT2D eigenvalue weighted by Crippen LogP contribution is 2.43. The second-order valence-corrected chi connectivity index (χ2v) is 8.84.